The minimum atomic E-state index is 0.250. The quantitative estimate of drug-likeness (QED) is 0.831. The summed E-state index contributed by atoms with van der Waals surface area (Å²) >= 11 is 0. The molecule has 3 heteroatoms. The van der Waals surface area contributed by atoms with E-state index in [2.05, 4.69) is 50.2 Å². The molecule has 0 aromatic rings. The minimum absolute atomic E-state index is 0.250. The highest BCUT2D eigenvalue weighted by atomic mass is 15.3. The molecule has 2 atom stereocenters. The van der Waals surface area contributed by atoms with Crippen molar-refractivity contribution in [2.24, 2.45) is 0 Å². The maximum absolute atomic E-state index is 3.99. The van der Waals surface area contributed by atoms with Crippen LogP contribution in [-0.4, -0.2) is 46.7 Å². The summed E-state index contributed by atoms with van der Waals surface area (Å²) in [5.74, 6) is 0. The number of piperidine rings is 1. The third kappa shape index (κ3) is 3.37. The van der Waals surface area contributed by atoms with Crippen LogP contribution in [0.3, 0.4) is 0 Å². The van der Waals surface area contributed by atoms with E-state index in [0.29, 0.717) is 12.1 Å². The second-order valence-electron chi connectivity index (χ2n) is 8.87. The van der Waals surface area contributed by atoms with Gasteiger partial charge in [0.25, 0.3) is 0 Å². The summed E-state index contributed by atoms with van der Waals surface area (Å²) in [7, 11) is 0. The smallest absolute Gasteiger partial charge is 0.0212 e. The average Bonchev–Trinajstić information content (AvgIpc) is 2.99. The lowest BCUT2D eigenvalue weighted by molar-refractivity contribution is 0.139. The Morgan fingerprint density at radius 2 is 1.60 bits per heavy atom. The fourth-order valence-corrected chi connectivity index (χ4v) is 4.87. The summed E-state index contributed by atoms with van der Waals surface area (Å²) < 4.78 is 0. The maximum atomic E-state index is 3.99. The first-order valence-electron chi connectivity index (χ1n) is 8.55. The SMILES string of the molecule is CC1CC(NC2CC(C)(C)NC(C)(C)C2)CN1C1CC1. The lowest BCUT2D eigenvalue weighted by Crippen LogP contribution is -2.62. The van der Waals surface area contributed by atoms with Crippen LogP contribution in [-0.2, 0) is 0 Å². The number of likely N-dealkylation sites (tertiary alicyclic amines) is 1. The van der Waals surface area contributed by atoms with E-state index in [9.17, 15) is 0 Å². The van der Waals surface area contributed by atoms with E-state index in [1.807, 2.05) is 0 Å². The highest BCUT2D eigenvalue weighted by Gasteiger charge is 2.42. The molecule has 0 aromatic heterocycles. The van der Waals surface area contributed by atoms with Gasteiger partial charge >= 0.3 is 0 Å². The summed E-state index contributed by atoms with van der Waals surface area (Å²) in [6.07, 6.45) is 6.69. The second kappa shape index (κ2) is 4.96. The lowest BCUT2D eigenvalue weighted by atomic mass is 9.79. The van der Waals surface area contributed by atoms with Gasteiger partial charge < -0.3 is 10.6 Å². The predicted octanol–water partition coefficient (Wildman–Crippen LogP) is 2.51. The van der Waals surface area contributed by atoms with Crippen LogP contribution in [0, 0.1) is 0 Å². The predicted molar refractivity (Wildman–Crippen MR) is 85.0 cm³/mol. The summed E-state index contributed by atoms with van der Waals surface area (Å²) in [5, 5.41) is 7.77. The van der Waals surface area contributed by atoms with Crippen LogP contribution >= 0.6 is 0 Å². The summed E-state index contributed by atoms with van der Waals surface area (Å²) in [5.41, 5.74) is 0.500. The molecule has 20 heavy (non-hydrogen) atoms. The molecule has 3 aliphatic rings. The molecule has 116 valence electrons. The van der Waals surface area contributed by atoms with Gasteiger partial charge in [-0.3, -0.25) is 4.90 Å². The van der Waals surface area contributed by atoms with Crippen LogP contribution in [0.15, 0.2) is 0 Å². The Bertz CT molecular complexity index is 343. The molecule has 3 nitrogen and oxygen atoms in total. The first kappa shape index (κ1) is 14.8. The van der Waals surface area contributed by atoms with Crippen LogP contribution in [0.1, 0.15) is 66.7 Å². The van der Waals surface area contributed by atoms with Crippen LogP contribution in [0.5, 0.6) is 0 Å². The Labute approximate surface area is 124 Å². The molecular formula is C17H33N3. The summed E-state index contributed by atoms with van der Waals surface area (Å²) in [4.78, 5) is 2.75. The Hall–Kier alpha value is -0.120. The summed E-state index contributed by atoms with van der Waals surface area (Å²) in [6, 6.07) is 3.07. The third-order valence-corrected chi connectivity index (χ3v) is 5.30. The Morgan fingerprint density at radius 3 is 2.15 bits per heavy atom. The van der Waals surface area contributed by atoms with E-state index in [0.717, 1.165) is 12.1 Å². The van der Waals surface area contributed by atoms with Crippen LogP contribution in [0.2, 0.25) is 0 Å². The van der Waals surface area contributed by atoms with Crippen molar-refractivity contribution in [2.45, 2.75) is 102 Å². The van der Waals surface area contributed by atoms with E-state index >= 15 is 0 Å². The molecule has 2 N–H and O–H groups in total. The fraction of sp³-hybridized carbons (Fsp3) is 1.00. The van der Waals surface area contributed by atoms with Gasteiger partial charge in [0.05, 0.1) is 0 Å². The highest BCUT2D eigenvalue weighted by molar-refractivity contribution is 5.02. The number of hydrogen-bond acceptors (Lipinski definition) is 3. The van der Waals surface area contributed by atoms with Gasteiger partial charge in [-0.15, -0.1) is 0 Å². The van der Waals surface area contributed by atoms with Crippen LogP contribution in [0.25, 0.3) is 0 Å². The van der Waals surface area contributed by atoms with Crippen molar-refractivity contribution in [1.29, 1.82) is 0 Å². The third-order valence-electron chi connectivity index (χ3n) is 5.30. The number of nitrogens with zero attached hydrogens (tertiary/aromatic N) is 1. The van der Waals surface area contributed by atoms with Crippen molar-refractivity contribution in [2.75, 3.05) is 6.54 Å². The first-order chi connectivity index (χ1) is 9.24. The molecule has 0 amide bonds. The number of hydrogen-bond donors (Lipinski definition) is 2. The molecule has 0 radical (unpaired) electrons. The molecular weight excluding hydrogens is 246 g/mol. The van der Waals surface area contributed by atoms with Crippen molar-refractivity contribution >= 4 is 0 Å². The molecule has 0 spiro atoms. The maximum Gasteiger partial charge on any atom is 0.0212 e. The average molecular weight is 279 g/mol. The zero-order valence-corrected chi connectivity index (χ0v) is 14.0. The zero-order chi connectivity index (χ0) is 14.5. The topological polar surface area (TPSA) is 27.3 Å². The molecule has 2 saturated heterocycles. The van der Waals surface area contributed by atoms with Gasteiger partial charge in [0.15, 0.2) is 0 Å². The fourth-order valence-electron chi connectivity index (χ4n) is 4.87. The van der Waals surface area contributed by atoms with E-state index in [1.54, 1.807) is 0 Å². The van der Waals surface area contributed by atoms with Gasteiger partial charge in [-0.25, -0.2) is 0 Å². The van der Waals surface area contributed by atoms with Crippen LogP contribution in [0.4, 0.5) is 0 Å². The number of rotatable bonds is 3. The molecule has 1 aliphatic carbocycles. The summed E-state index contributed by atoms with van der Waals surface area (Å²) in [6.45, 7) is 13.1. The van der Waals surface area contributed by atoms with Crippen molar-refractivity contribution in [3.05, 3.63) is 0 Å². The van der Waals surface area contributed by atoms with E-state index in [1.165, 1.54) is 38.6 Å². The molecule has 0 aromatic carbocycles. The Kier molecular flexibility index (Phi) is 3.67. The van der Waals surface area contributed by atoms with Crippen molar-refractivity contribution in [3.8, 4) is 0 Å². The normalized spacial score (nSPS) is 38.2. The van der Waals surface area contributed by atoms with Gasteiger partial charge in [0.2, 0.25) is 0 Å². The van der Waals surface area contributed by atoms with Crippen molar-refractivity contribution < 1.29 is 0 Å². The number of nitrogens with one attached hydrogen (secondary N) is 2. The molecule has 2 aliphatic heterocycles. The second-order valence-corrected chi connectivity index (χ2v) is 8.87. The van der Waals surface area contributed by atoms with E-state index in [4.69, 9.17) is 0 Å². The molecule has 2 heterocycles. The largest absolute Gasteiger partial charge is 0.310 e. The van der Waals surface area contributed by atoms with Crippen molar-refractivity contribution in [1.82, 2.24) is 15.5 Å². The molecule has 0 bridgehead atoms. The van der Waals surface area contributed by atoms with Crippen molar-refractivity contribution in [3.63, 3.8) is 0 Å². The standard InChI is InChI=1S/C17H33N3/c1-12-8-13(11-20(12)15-6-7-15)18-14-9-16(2,3)19-17(4,5)10-14/h12-15,18-19H,6-11H2,1-5H3. The first-order valence-corrected chi connectivity index (χ1v) is 8.55. The molecule has 3 rings (SSSR count). The van der Waals surface area contributed by atoms with Gasteiger partial charge in [0, 0.05) is 41.8 Å². The van der Waals surface area contributed by atoms with Gasteiger partial charge in [-0.1, -0.05) is 0 Å². The van der Waals surface area contributed by atoms with E-state index < -0.39 is 0 Å². The van der Waals surface area contributed by atoms with Crippen LogP contribution < -0.4 is 10.6 Å². The van der Waals surface area contributed by atoms with Gasteiger partial charge in [-0.2, -0.15) is 0 Å². The minimum Gasteiger partial charge on any atom is -0.310 e. The monoisotopic (exact) mass is 279 g/mol. The van der Waals surface area contributed by atoms with E-state index in [-0.39, 0.29) is 11.1 Å². The zero-order valence-electron chi connectivity index (χ0n) is 14.0. The molecule has 2 unspecified atom stereocenters. The van der Waals surface area contributed by atoms with Gasteiger partial charge in [-0.05, 0) is 66.7 Å². The Morgan fingerprint density at radius 1 is 1.00 bits per heavy atom. The molecule has 3 fully saturated rings. The lowest BCUT2D eigenvalue weighted by Gasteiger charge is -2.47. The Balaban J connectivity index is 1.57. The molecule has 1 saturated carbocycles. The van der Waals surface area contributed by atoms with Gasteiger partial charge in [0.1, 0.15) is 0 Å². The highest BCUT2D eigenvalue weighted by Crippen LogP contribution is 2.34.